The maximum absolute atomic E-state index is 12.0. The van der Waals surface area contributed by atoms with Gasteiger partial charge in [-0.3, -0.25) is 4.79 Å². The van der Waals surface area contributed by atoms with E-state index >= 15 is 0 Å². The average molecular weight is 348 g/mol. The van der Waals surface area contributed by atoms with Gasteiger partial charge in [0.25, 0.3) is 0 Å². The van der Waals surface area contributed by atoms with Gasteiger partial charge in [0.05, 0.1) is 6.61 Å². The van der Waals surface area contributed by atoms with Crippen molar-refractivity contribution in [2.24, 2.45) is 5.92 Å². The molecule has 1 heterocycles. The molecule has 3 amide bonds. The normalized spacial score (nSPS) is 19.8. The van der Waals surface area contributed by atoms with Gasteiger partial charge in [-0.15, -0.1) is 0 Å². The van der Waals surface area contributed by atoms with Gasteiger partial charge in [0, 0.05) is 37.8 Å². The summed E-state index contributed by atoms with van der Waals surface area (Å²) in [5.41, 5.74) is 0.919. The van der Waals surface area contributed by atoms with Gasteiger partial charge in [0.1, 0.15) is 0 Å². The molecule has 1 fully saturated rings. The topological polar surface area (TPSA) is 92.4 Å². The van der Waals surface area contributed by atoms with Crippen molar-refractivity contribution < 1.29 is 14.3 Å². The summed E-state index contributed by atoms with van der Waals surface area (Å²) in [5.74, 6) is 0.773. The minimum absolute atomic E-state index is 0.0747. The third-order valence-corrected chi connectivity index (χ3v) is 4.38. The van der Waals surface area contributed by atoms with Crippen molar-refractivity contribution in [2.75, 3.05) is 13.7 Å². The Morgan fingerprint density at radius 2 is 2.00 bits per heavy atom. The van der Waals surface area contributed by atoms with Gasteiger partial charge in [-0.2, -0.15) is 0 Å². The molecule has 1 saturated carbocycles. The van der Waals surface area contributed by atoms with E-state index in [4.69, 9.17) is 4.74 Å². The van der Waals surface area contributed by atoms with Crippen LogP contribution in [0.15, 0.2) is 18.3 Å². The lowest BCUT2D eigenvalue weighted by molar-refractivity contribution is -0.125. The third kappa shape index (κ3) is 6.25. The van der Waals surface area contributed by atoms with Crippen molar-refractivity contribution >= 4 is 11.9 Å². The van der Waals surface area contributed by atoms with Crippen LogP contribution in [-0.4, -0.2) is 36.6 Å². The number of nitrogens with one attached hydrogen (secondary N) is 3. The number of carbonyl (C=O) groups is 2. The Balaban J connectivity index is 1.68. The molecule has 25 heavy (non-hydrogen) atoms. The Labute approximate surface area is 148 Å². The SMILES string of the molecule is CCCOc1ccc(CNC(=O)NC2CCC(C(=O)NC)CC2)cn1. The van der Waals surface area contributed by atoms with Gasteiger partial charge in [-0.05, 0) is 37.7 Å². The number of hydrogen-bond donors (Lipinski definition) is 3. The monoisotopic (exact) mass is 348 g/mol. The molecule has 7 nitrogen and oxygen atoms in total. The summed E-state index contributed by atoms with van der Waals surface area (Å²) in [4.78, 5) is 27.8. The van der Waals surface area contributed by atoms with Crippen molar-refractivity contribution in [3.8, 4) is 5.88 Å². The molecule has 0 saturated heterocycles. The molecular weight excluding hydrogens is 320 g/mol. The summed E-state index contributed by atoms with van der Waals surface area (Å²) in [5, 5.41) is 8.51. The Bertz CT molecular complexity index is 554. The van der Waals surface area contributed by atoms with E-state index in [2.05, 4.69) is 20.9 Å². The standard InChI is InChI=1S/C18H28N4O3/c1-3-10-25-16-9-4-13(11-20-16)12-21-18(24)22-15-7-5-14(6-8-15)17(23)19-2/h4,9,11,14-15H,3,5-8,10,12H2,1-2H3,(H,19,23)(H2,21,22,24). The molecular formula is C18H28N4O3. The number of urea groups is 1. The average Bonchev–Trinajstić information content (AvgIpc) is 2.65. The van der Waals surface area contributed by atoms with Crippen molar-refractivity contribution in [3.05, 3.63) is 23.9 Å². The second-order valence-electron chi connectivity index (χ2n) is 6.34. The lowest BCUT2D eigenvalue weighted by atomic mass is 9.85. The van der Waals surface area contributed by atoms with E-state index in [0.29, 0.717) is 19.0 Å². The van der Waals surface area contributed by atoms with Gasteiger partial charge in [0.2, 0.25) is 11.8 Å². The van der Waals surface area contributed by atoms with E-state index in [0.717, 1.165) is 37.7 Å². The molecule has 0 aliphatic heterocycles. The van der Waals surface area contributed by atoms with Gasteiger partial charge in [-0.25, -0.2) is 9.78 Å². The highest BCUT2D eigenvalue weighted by atomic mass is 16.5. The van der Waals surface area contributed by atoms with E-state index < -0.39 is 0 Å². The Morgan fingerprint density at radius 3 is 2.60 bits per heavy atom. The van der Waals surface area contributed by atoms with Crippen LogP contribution in [0.1, 0.15) is 44.6 Å². The predicted octanol–water partition coefficient (Wildman–Crippen LogP) is 1.97. The molecule has 0 unspecified atom stereocenters. The van der Waals surface area contributed by atoms with E-state index in [-0.39, 0.29) is 23.9 Å². The molecule has 0 bridgehead atoms. The molecule has 0 spiro atoms. The Kier molecular flexibility index (Phi) is 7.50. The van der Waals surface area contributed by atoms with Crippen LogP contribution in [0.4, 0.5) is 4.79 Å². The van der Waals surface area contributed by atoms with Crippen molar-refractivity contribution in [1.29, 1.82) is 0 Å². The van der Waals surface area contributed by atoms with Crippen molar-refractivity contribution in [1.82, 2.24) is 20.9 Å². The van der Waals surface area contributed by atoms with Crippen LogP contribution in [0.3, 0.4) is 0 Å². The van der Waals surface area contributed by atoms with Gasteiger partial charge >= 0.3 is 6.03 Å². The summed E-state index contributed by atoms with van der Waals surface area (Å²) in [6, 6.07) is 3.65. The van der Waals surface area contributed by atoms with Crippen LogP contribution in [0, 0.1) is 5.92 Å². The first-order valence-electron chi connectivity index (χ1n) is 8.96. The quantitative estimate of drug-likeness (QED) is 0.702. The number of carbonyl (C=O) groups excluding carboxylic acids is 2. The summed E-state index contributed by atoms with van der Waals surface area (Å²) >= 11 is 0. The van der Waals surface area contributed by atoms with Crippen LogP contribution in [0.5, 0.6) is 5.88 Å². The van der Waals surface area contributed by atoms with Crippen LogP contribution in [-0.2, 0) is 11.3 Å². The van der Waals surface area contributed by atoms with Crippen LogP contribution < -0.4 is 20.7 Å². The summed E-state index contributed by atoms with van der Waals surface area (Å²) < 4.78 is 5.43. The molecule has 0 atom stereocenters. The highest BCUT2D eigenvalue weighted by Gasteiger charge is 2.26. The maximum atomic E-state index is 12.0. The molecule has 2 rings (SSSR count). The van der Waals surface area contributed by atoms with Gasteiger partial charge in [0.15, 0.2) is 0 Å². The third-order valence-electron chi connectivity index (χ3n) is 4.38. The van der Waals surface area contributed by atoms with E-state index in [1.165, 1.54) is 0 Å². The Hall–Kier alpha value is -2.31. The summed E-state index contributed by atoms with van der Waals surface area (Å²) in [6.45, 7) is 3.11. The fourth-order valence-electron chi connectivity index (χ4n) is 2.93. The van der Waals surface area contributed by atoms with Crippen molar-refractivity contribution in [2.45, 2.75) is 51.6 Å². The van der Waals surface area contributed by atoms with Crippen molar-refractivity contribution in [3.63, 3.8) is 0 Å². The Morgan fingerprint density at radius 1 is 1.24 bits per heavy atom. The number of hydrogen-bond acceptors (Lipinski definition) is 4. The molecule has 1 aromatic heterocycles. The molecule has 1 aromatic rings. The molecule has 3 N–H and O–H groups in total. The largest absolute Gasteiger partial charge is 0.478 e. The number of aromatic nitrogens is 1. The van der Waals surface area contributed by atoms with Crippen LogP contribution >= 0.6 is 0 Å². The van der Waals surface area contributed by atoms with E-state index in [9.17, 15) is 9.59 Å². The number of rotatable bonds is 7. The lowest BCUT2D eigenvalue weighted by Crippen LogP contribution is -2.44. The van der Waals surface area contributed by atoms with E-state index in [1.807, 2.05) is 19.1 Å². The second-order valence-corrected chi connectivity index (χ2v) is 6.34. The van der Waals surface area contributed by atoms with Gasteiger partial charge in [-0.1, -0.05) is 13.0 Å². The minimum atomic E-state index is -0.185. The number of pyridine rings is 1. The van der Waals surface area contributed by atoms with E-state index in [1.54, 1.807) is 13.2 Å². The second kappa shape index (κ2) is 9.86. The first-order valence-corrected chi connectivity index (χ1v) is 8.96. The predicted molar refractivity (Wildman–Crippen MR) is 95.2 cm³/mol. The fraction of sp³-hybridized carbons (Fsp3) is 0.611. The smallest absolute Gasteiger partial charge is 0.315 e. The zero-order chi connectivity index (χ0) is 18.1. The molecule has 0 aromatic carbocycles. The maximum Gasteiger partial charge on any atom is 0.315 e. The molecule has 7 heteroatoms. The summed E-state index contributed by atoms with van der Waals surface area (Å²) in [7, 11) is 1.66. The lowest BCUT2D eigenvalue weighted by Gasteiger charge is -2.28. The summed E-state index contributed by atoms with van der Waals surface area (Å²) in [6.07, 6.45) is 5.94. The zero-order valence-electron chi connectivity index (χ0n) is 15.0. The number of nitrogens with zero attached hydrogens (tertiary/aromatic N) is 1. The molecule has 138 valence electrons. The minimum Gasteiger partial charge on any atom is -0.478 e. The first-order chi connectivity index (χ1) is 12.1. The fourth-order valence-corrected chi connectivity index (χ4v) is 2.93. The van der Waals surface area contributed by atoms with Crippen LogP contribution in [0.2, 0.25) is 0 Å². The zero-order valence-corrected chi connectivity index (χ0v) is 15.0. The van der Waals surface area contributed by atoms with Crippen LogP contribution in [0.25, 0.3) is 0 Å². The highest BCUT2D eigenvalue weighted by molar-refractivity contribution is 5.78. The molecule has 1 aliphatic rings. The number of ether oxygens (including phenoxy) is 1. The van der Waals surface area contributed by atoms with Gasteiger partial charge < -0.3 is 20.7 Å². The number of amides is 3. The molecule has 0 radical (unpaired) electrons. The molecule has 1 aliphatic carbocycles. The first kappa shape index (κ1) is 19.0. The highest BCUT2D eigenvalue weighted by Crippen LogP contribution is 2.24.